The molecule has 0 aliphatic heterocycles. The van der Waals surface area contributed by atoms with Gasteiger partial charge in [-0.3, -0.25) is 0 Å². The monoisotopic (exact) mass is 235 g/mol. The Labute approximate surface area is 103 Å². The van der Waals surface area contributed by atoms with Crippen LogP contribution in [0.5, 0.6) is 0 Å². The van der Waals surface area contributed by atoms with Crippen LogP contribution < -0.4 is 0 Å². The van der Waals surface area contributed by atoms with Crippen molar-refractivity contribution in [2.45, 2.75) is 18.2 Å². The Hall–Kier alpha value is -0.470. The van der Waals surface area contributed by atoms with Crippen molar-refractivity contribution in [1.82, 2.24) is 4.90 Å². The lowest BCUT2D eigenvalue weighted by molar-refractivity contribution is 0.334. The van der Waals surface area contributed by atoms with E-state index in [-0.39, 0.29) is 0 Å². The fraction of sp³-hybridized carbons (Fsp3) is 0.571. The summed E-state index contributed by atoms with van der Waals surface area (Å²) < 4.78 is 0. The van der Waals surface area contributed by atoms with Crippen LogP contribution in [0.4, 0.5) is 0 Å². The molecular formula is C14H21NS. The molecule has 1 fully saturated rings. The third kappa shape index (κ3) is 3.84. The zero-order valence-electron chi connectivity index (χ0n) is 10.2. The van der Waals surface area contributed by atoms with Gasteiger partial charge in [-0.15, -0.1) is 11.8 Å². The predicted octanol–water partition coefficient (Wildman–Crippen LogP) is 3.37. The fourth-order valence-corrected chi connectivity index (χ4v) is 2.97. The van der Waals surface area contributed by atoms with Crippen molar-refractivity contribution < 1.29 is 0 Å². The molecule has 0 amide bonds. The summed E-state index contributed by atoms with van der Waals surface area (Å²) in [5.74, 6) is 3.15. The standard InChI is InChI=1S/C14H21NS/c1-12-10-13(12)11-15(2)8-9-16-14-6-4-3-5-7-14/h3-7,12-13H,8-11H2,1-2H3. The highest BCUT2D eigenvalue weighted by molar-refractivity contribution is 7.99. The molecule has 2 unspecified atom stereocenters. The summed E-state index contributed by atoms with van der Waals surface area (Å²) in [7, 11) is 2.25. The highest BCUT2D eigenvalue weighted by Crippen LogP contribution is 2.37. The van der Waals surface area contributed by atoms with Gasteiger partial charge < -0.3 is 4.90 Å². The molecule has 0 radical (unpaired) electrons. The highest BCUT2D eigenvalue weighted by Gasteiger charge is 2.32. The number of rotatable bonds is 6. The third-order valence-corrected chi connectivity index (χ3v) is 4.30. The molecule has 2 rings (SSSR count). The van der Waals surface area contributed by atoms with Crippen LogP contribution in [0.2, 0.25) is 0 Å². The maximum absolute atomic E-state index is 2.48. The first-order chi connectivity index (χ1) is 7.75. The van der Waals surface area contributed by atoms with Crippen LogP contribution in [-0.4, -0.2) is 30.8 Å². The summed E-state index contributed by atoms with van der Waals surface area (Å²) >= 11 is 1.96. The fourth-order valence-electron chi connectivity index (χ4n) is 1.98. The predicted molar refractivity (Wildman–Crippen MR) is 71.9 cm³/mol. The summed E-state index contributed by atoms with van der Waals surface area (Å²) in [5.41, 5.74) is 0. The van der Waals surface area contributed by atoms with E-state index in [1.807, 2.05) is 11.8 Å². The van der Waals surface area contributed by atoms with Crippen molar-refractivity contribution in [1.29, 1.82) is 0 Å². The first-order valence-electron chi connectivity index (χ1n) is 6.12. The number of hydrogen-bond acceptors (Lipinski definition) is 2. The lowest BCUT2D eigenvalue weighted by Crippen LogP contribution is -2.24. The van der Waals surface area contributed by atoms with Gasteiger partial charge in [0.25, 0.3) is 0 Å². The Morgan fingerprint density at radius 2 is 2.00 bits per heavy atom. The lowest BCUT2D eigenvalue weighted by atomic mass is 10.3. The molecule has 1 aliphatic rings. The van der Waals surface area contributed by atoms with Crippen LogP contribution in [-0.2, 0) is 0 Å². The molecule has 1 aromatic rings. The smallest absolute Gasteiger partial charge is 0.0108 e. The summed E-state index contributed by atoms with van der Waals surface area (Å²) in [6.45, 7) is 4.84. The minimum absolute atomic E-state index is 0.976. The van der Waals surface area contributed by atoms with Gasteiger partial charge >= 0.3 is 0 Å². The van der Waals surface area contributed by atoms with Gasteiger partial charge in [-0.25, -0.2) is 0 Å². The zero-order valence-corrected chi connectivity index (χ0v) is 11.0. The molecule has 2 atom stereocenters. The SMILES string of the molecule is CC1CC1CN(C)CCSc1ccccc1. The zero-order chi connectivity index (χ0) is 11.4. The summed E-state index contributed by atoms with van der Waals surface area (Å²) in [6, 6.07) is 10.7. The maximum Gasteiger partial charge on any atom is 0.0108 e. The average molecular weight is 235 g/mol. The Morgan fingerprint density at radius 3 is 2.62 bits per heavy atom. The van der Waals surface area contributed by atoms with Crippen LogP contribution in [0.3, 0.4) is 0 Å². The molecule has 88 valence electrons. The first kappa shape index (κ1) is 12.0. The Morgan fingerprint density at radius 1 is 1.31 bits per heavy atom. The van der Waals surface area contributed by atoms with Crippen molar-refractivity contribution >= 4 is 11.8 Å². The normalized spacial score (nSPS) is 23.7. The molecule has 0 aromatic heterocycles. The van der Waals surface area contributed by atoms with E-state index in [1.54, 1.807) is 0 Å². The van der Waals surface area contributed by atoms with Gasteiger partial charge in [-0.1, -0.05) is 25.1 Å². The van der Waals surface area contributed by atoms with Crippen molar-refractivity contribution in [2.75, 3.05) is 25.9 Å². The number of hydrogen-bond donors (Lipinski definition) is 0. The van der Waals surface area contributed by atoms with E-state index < -0.39 is 0 Å². The van der Waals surface area contributed by atoms with E-state index in [4.69, 9.17) is 0 Å². The molecule has 0 spiro atoms. The number of thioether (sulfide) groups is 1. The van der Waals surface area contributed by atoms with Crippen molar-refractivity contribution in [3.63, 3.8) is 0 Å². The molecule has 2 heteroatoms. The van der Waals surface area contributed by atoms with Gasteiger partial charge in [-0.2, -0.15) is 0 Å². The summed E-state index contributed by atoms with van der Waals surface area (Å²) in [6.07, 6.45) is 1.44. The molecule has 0 N–H and O–H groups in total. The topological polar surface area (TPSA) is 3.24 Å². The van der Waals surface area contributed by atoms with Crippen LogP contribution in [0.15, 0.2) is 35.2 Å². The van der Waals surface area contributed by atoms with E-state index in [9.17, 15) is 0 Å². The quantitative estimate of drug-likeness (QED) is 0.696. The van der Waals surface area contributed by atoms with Crippen molar-refractivity contribution in [3.8, 4) is 0 Å². The summed E-state index contributed by atoms with van der Waals surface area (Å²) in [5, 5.41) is 0. The largest absolute Gasteiger partial charge is 0.305 e. The van der Waals surface area contributed by atoms with Crippen LogP contribution >= 0.6 is 11.8 Å². The summed E-state index contributed by atoms with van der Waals surface area (Å²) in [4.78, 5) is 3.86. The number of nitrogens with zero attached hydrogens (tertiary/aromatic N) is 1. The molecule has 1 saturated carbocycles. The lowest BCUT2D eigenvalue weighted by Gasteiger charge is -2.15. The van der Waals surface area contributed by atoms with E-state index in [0.29, 0.717) is 0 Å². The van der Waals surface area contributed by atoms with E-state index in [0.717, 1.165) is 11.8 Å². The Balaban J connectivity index is 1.60. The minimum Gasteiger partial charge on any atom is -0.305 e. The van der Waals surface area contributed by atoms with Crippen molar-refractivity contribution in [3.05, 3.63) is 30.3 Å². The third-order valence-electron chi connectivity index (χ3n) is 3.31. The molecule has 0 heterocycles. The van der Waals surface area contributed by atoms with Gasteiger partial charge in [0.15, 0.2) is 0 Å². The molecule has 0 bridgehead atoms. The molecule has 16 heavy (non-hydrogen) atoms. The average Bonchev–Trinajstić information content (AvgIpc) is 2.95. The second kappa shape index (κ2) is 5.74. The maximum atomic E-state index is 2.48. The van der Waals surface area contributed by atoms with Crippen LogP contribution in [0, 0.1) is 11.8 Å². The van der Waals surface area contributed by atoms with Gasteiger partial charge in [-0.05, 0) is 37.4 Å². The Kier molecular flexibility index (Phi) is 4.30. The van der Waals surface area contributed by atoms with E-state index >= 15 is 0 Å². The minimum atomic E-state index is 0.976. The first-order valence-corrected chi connectivity index (χ1v) is 7.10. The molecule has 1 aliphatic carbocycles. The molecule has 1 aromatic carbocycles. The van der Waals surface area contributed by atoms with E-state index in [2.05, 4.69) is 49.2 Å². The highest BCUT2D eigenvalue weighted by atomic mass is 32.2. The van der Waals surface area contributed by atoms with Crippen LogP contribution in [0.1, 0.15) is 13.3 Å². The number of benzene rings is 1. The van der Waals surface area contributed by atoms with Crippen molar-refractivity contribution in [2.24, 2.45) is 11.8 Å². The van der Waals surface area contributed by atoms with Gasteiger partial charge in [0, 0.05) is 23.7 Å². The van der Waals surface area contributed by atoms with Gasteiger partial charge in [0.2, 0.25) is 0 Å². The Bertz CT molecular complexity index is 312. The van der Waals surface area contributed by atoms with Crippen LogP contribution in [0.25, 0.3) is 0 Å². The van der Waals surface area contributed by atoms with E-state index in [1.165, 1.54) is 30.2 Å². The molecule has 0 saturated heterocycles. The van der Waals surface area contributed by atoms with Gasteiger partial charge in [0.05, 0.1) is 0 Å². The second-order valence-electron chi connectivity index (χ2n) is 4.90. The molecule has 1 nitrogen and oxygen atoms in total. The second-order valence-corrected chi connectivity index (χ2v) is 6.07. The molecular weight excluding hydrogens is 214 g/mol. The van der Waals surface area contributed by atoms with Gasteiger partial charge in [0.1, 0.15) is 0 Å².